The Morgan fingerprint density at radius 2 is 1.90 bits per heavy atom. The Hall–Kier alpha value is -2.67. The van der Waals surface area contributed by atoms with Crippen LogP contribution in [0.4, 0.5) is 5.82 Å². The van der Waals surface area contributed by atoms with Crippen LogP contribution in [0.25, 0.3) is 0 Å². The largest absolute Gasteiger partial charge is 0.382 e. The molecule has 1 heterocycles. The highest BCUT2D eigenvalue weighted by Crippen LogP contribution is 2.12. The van der Waals surface area contributed by atoms with Crippen molar-refractivity contribution in [3.63, 3.8) is 0 Å². The number of anilines is 1. The number of benzene rings is 1. The number of rotatable bonds is 13. The summed E-state index contributed by atoms with van der Waals surface area (Å²) in [5, 5.41) is 6.43. The van der Waals surface area contributed by atoms with E-state index < -0.39 is 0 Å². The normalized spacial score (nSPS) is 10.8. The van der Waals surface area contributed by atoms with Gasteiger partial charge in [-0.3, -0.25) is 9.59 Å². The van der Waals surface area contributed by atoms with Crippen LogP contribution in [0.3, 0.4) is 0 Å². The first kappa shape index (κ1) is 23.6. The fraction of sp³-hybridized carbons (Fsp3) is 0.522. The highest BCUT2D eigenvalue weighted by molar-refractivity contribution is 5.99. The van der Waals surface area contributed by atoms with Crippen LogP contribution in [0.2, 0.25) is 0 Å². The van der Waals surface area contributed by atoms with Gasteiger partial charge in [-0.2, -0.15) is 0 Å². The number of nitrogens with zero attached hydrogens (tertiary/aromatic N) is 2. The van der Waals surface area contributed by atoms with E-state index in [9.17, 15) is 9.59 Å². The molecule has 0 saturated carbocycles. The predicted molar refractivity (Wildman–Crippen MR) is 117 cm³/mol. The van der Waals surface area contributed by atoms with E-state index in [-0.39, 0.29) is 18.4 Å². The maximum absolute atomic E-state index is 13.0. The topological polar surface area (TPSA) is 84.7 Å². The summed E-state index contributed by atoms with van der Waals surface area (Å²) in [6.45, 7) is 7.40. The molecular weight excluding hydrogens is 382 g/mol. The number of hydrogen-bond acceptors (Lipinski definition) is 5. The molecule has 0 radical (unpaired) electrons. The van der Waals surface area contributed by atoms with E-state index >= 15 is 0 Å². The molecule has 0 unspecified atom stereocenters. The van der Waals surface area contributed by atoms with Gasteiger partial charge in [0, 0.05) is 31.4 Å². The van der Waals surface area contributed by atoms with Crippen LogP contribution in [-0.2, 0) is 16.0 Å². The summed E-state index contributed by atoms with van der Waals surface area (Å²) in [7, 11) is 0. The molecule has 7 nitrogen and oxygen atoms in total. The highest BCUT2D eigenvalue weighted by Gasteiger charge is 2.19. The van der Waals surface area contributed by atoms with Gasteiger partial charge >= 0.3 is 0 Å². The second-order valence-corrected chi connectivity index (χ2v) is 7.30. The Kier molecular flexibility index (Phi) is 10.1. The summed E-state index contributed by atoms with van der Waals surface area (Å²) in [6, 6.07) is 9.32. The van der Waals surface area contributed by atoms with Gasteiger partial charge in [-0.05, 0) is 50.8 Å². The maximum atomic E-state index is 13.0. The summed E-state index contributed by atoms with van der Waals surface area (Å²) >= 11 is 0. The summed E-state index contributed by atoms with van der Waals surface area (Å²) in [4.78, 5) is 27.0. The number of aromatic nitrogens is 1. The molecule has 7 heteroatoms. The van der Waals surface area contributed by atoms with Crippen molar-refractivity contribution in [2.24, 2.45) is 0 Å². The monoisotopic (exact) mass is 415 g/mol. The third-order valence-electron chi connectivity index (χ3n) is 4.71. The molecule has 30 heavy (non-hydrogen) atoms. The number of carbonyl (C=O) groups is 2. The second kappa shape index (κ2) is 12.8. The van der Waals surface area contributed by atoms with Crippen LogP contribution in [0.5, 0.6) is 0 Å². The molecule has 0 fully saturated rings. The third-order valence-corrected chi connectivity index (χ3v) is 4.71. The number of hydrogen-bond donors (Lipinski definition) is 1. The van der Waals surface area contributed by atoms with Gasteiger partial charge < -0.3 is 19.5 Å². The van der Waals surface area contributed by atoms with Gasteiger partial charge in [-0.25, -0.2) is 0 Å². The van der Waals surface area contributed by atoms with Gasteiger partial charge in [0.25, 0.3) is 5.91 Å². The van der Waals surface area contributed by atoms with E-state index in [0.29, 0.717) is 43.3 Å². The average Bonchev–Trinajstić information content (AvgIpc) is 3.15. The molecular formula is C23H33N3O4. The Bertz CT molecular complexity index is 786. The zero-order valence-electron chi connectivity index (χ0n) is 18.3. The predicted octanol–water partition coefficient (Wildman–Crippen LogP) is 4.22. The second-order valence-electron chi connectivity index (χ2n) is 7.30. The molecule has 0 aliphatic carbocycles. The van der Waals surface area contributed by atoms with Crippen molar-refractivity contribution in [3.8, 4) is 0 Å². The van der Waals surface area contributed by atoms with Crippen molar-refractivity contribution in [1.82, 2.24) is 10.1 Å². The van der Waals surface area contributed by atoms with E-state index in [1.807, 2.05) is 31.2 Å². The first-order chi connectivity index (χ1) is 14.5. The lowest BCUT2D eigenvalue weighted by molar-refractivity contribution is -0.117. The molecule has 164 valence electrons. The average molecular weight is 416 g/mol. The molecule has 0 aliphatic heterocycles. The van der Waals surface area contributed by atoms with Crippen molar-refractivity contribution in [2.45, 2.75) is 52.9 Å². The molecule has 0 aliphatic rings. The van der Waals surface area contributed by atoms with Crippen LogP contribution in [0, 0.1) is 6.92 Å². The van der Waals surface area contributed by atoms with Gasteiger partial charge in [-0.1, -0.05) is 37.1 Å². The number of ether oxygens (including phenoxy) is 1. The molecule has 2 aromatic rings. The molecule has 2 rings (SSSR count). The Morgan fingerprint density at radius 3 is 2.53 bits per heavy atom. The van der Waals surface area contributed by atoms with Crippen molar-refractivity contribution < 1.29 is 18.8 Å². The number of unbranched alkanes of at least 4 members (excludes halogenated alkanes) is 2. The molecule has 1 aromatic heterocycles. The number of nitrogens with one attached hydrogen (secondary N) is 1. The maximum Gasteiger partial charge on any atom is 0.254 e. The minimum absolute atomic E-state index is 0.0604. The molecule has 0 spiro atoms. The Morgan fingerprint density at radius 1 is 1.13 bits per heavy atom. The van der Waals surface area contributed by atoms with Gasteiger partial charge in [0.15, 0.2) is 5.82 Å². The lowest BCUT2D eigenvalue weighted by atomic mass is 10.0. The van der Waals surface area contributed by atoms with Gasteiger partial charge in [0.2, 0.25) is 5.91 Å². The Labute approximate surface area is 178 Å². The molecule has 2 amide bonds. The molecule has 0 bridgehead atoms. The Balaban J connectivity index is 2.00. The molecule has 1 N–H and O–H groups in total. The quantitative estimate of drug-likeness (QED) is 0.495. The summed E-state index contributed by atoms with van der Waals surface area (Å²) in [5.41, 5.74) is 1.80. The number of carbonyl (C=O) groups excluding carboxylic acids is 2. The minimum Gasteiger partial charge on any atom is -0.382 e. The summed E-state index contributed by atoms with van der Waals surface area (Å²) < 4.78 is 10.3. The highest BCUT2D eigenvalue weighted by atomic mass is 16.5. The summed E-state index contributed by atoms with van der Waals surface area (Å²) in [5.74, 6) is 0.465. The van der Waals surface area contributed by atoms with E-state index in [1.54, 1.807) is 17.9 Å². The van der Waals surface area contributed by atoms with E-state index in [4.69, 9.17) is 9.26 Å². The number of aryl methyl sites for hydroxylation is 2. The van der Waals surface area contributed by atoms with Crippen LogP contribution >= 0.6 is 0 Å². The van der Waals surface area contributed by atoms with Crippen molar-refractivity contribution in [3.05, 3.63) is 47.2 Å². The van der Waals surface area contributed by atoms with Gasteiger partial charge in [0.05, 0.1) is 0 Å². The van der Waals surface area contributed by atoms with Crippen LogP contribution in [-0.4, -0.2) is 48.2 Å². The van der Waals surface area contributed by atoms with Crippen LogP contribution in [0.15, 0.2) is 34.9 Å². The van der Waals surface area contributed by atoms with Crippen LogP contribution in [0.1, 0.15) is 61.2 Å². The van der Waals surface area contributed by atoms with Gasteiger partial charge in [-0.15, -0.1) is 0 Å². The van der Waals surface area contributed by atoms with Crippen molar-refractivity contribution >= 4 is 17.6 Å². The van der Waals surface area contributed by atoms with Crippen molar-refractivity contribution in [1.29, 1.82) is 0 Å². The van der Waals surface area contributed by atoms with Gasteiger partial charge in [0.1, 0.15) is 12.3 Å². The minimum atomic E-state index is -0.316. The first-order valence-electron chi connectivity index (χ1n) is 10.7. The fourth-order valence-corrected chi connectivity index (χ4v) is 3.11. The van der Waals surface area contributed by atoms with E-state index in [1.165, 1.54) is 18.4 Å². The standard InChI is InChI=1S/C23H33N3O4/c1-4-6-7-9-19-10-12-20(13-11-19)23(28)26(14-8-15-29-5-2)17-22(27)24-21-16-18(3)30-25-21/h10-13,16H,4-9,14-15,17H2,1-3H3,(H,24,25,27). The fourth-order valence-electron chi connectivity index (χ4n) is 3.11. The van der Waals surface area contributed by atoms with Crippen LogP contribution < -0.4 is 5.32 Å². The molecule has 1 aromatic carbocycles. The third kappa shape index (κ3) is 7.99. The first-order valence-corrected chi connectivity index (χ1v) is 10.7. The molecule has 0 atom stereocenters. The lowest BCUT2D eigenvalue weighted by Crippen LogP contribution is -2.39. The SMILES string of the molecule is CCCCCc1ccc(C(=O)N(CCCOCC)CC(=O)Nc2cc(C)on2)cc1. The zero-order valence-corrected chi connectivity index (χ0v) is 18.3. The summed E-state index contributed by atoms with van der Waals surface area (Å²) in [6.07, 6.45) is 5.21. The molecule has 0 saturated heterocycles. The number of amides is 2. The van der Waals surface area contributed by atoms with E-state index in [2.05, 4.69) is 17.4 Å². The van der Waals surface area contributed by atoms with E-state index in [0.717, 1.165) is 12.8 Å². The zero-order chi connectivity index (χ0) is 21.8. The van der Waals surface area contributed by atoms with Crippen molar-refractivity contribution in [2.75, 3.05) is 31.6 Å². The smallest absolute Gasteiger partial charge is 0.254 e. The lowest BCUT2D eigenvalue weighted by Gasteiger charge is -2.22.